The van der Waals surface area contributed by atoms with E-state index in [2.05, 4.69) is 4.72 Å². The fourth-order valence-electron chi connectivity index (χ4n) is 1.67. The maximum Gasteiger partial charge on any atom is 0.308 e. The molecule has 0 unspecified atom stereocenters. The molecule has 0 aromatic carbocycles. The standard InChI is InChI=1S/C7H13NO4S/c1-13(11,12)8-6-4-2-3-5(6)7(9)10/h5-6,8H,2-4H2,1H3,(H,9,10)/t5-,6+/m1/s1. The Bertz CT molecular complexity index is 298. The summed E-state index contributed by atoms with van der Waals surface area (Å²) in [4.78, 5) is 10.7. The van der Waals surface area contributed by atoms with Gasteiger partial charge in [0.15, 0.2) is 0 Å². The van der Waals surface area contributed by atoms with Crippen molar-refractivity contribution < 1.29 is 18.3 Å². The van der Waals surface area contributed by atoms with Gasteiger partial charge in [-0.1, -0.05) is 6.42 Å². The van der Waals surface area contributed by atoms with Gasteiger partial charge in [0.25, 0.3) is 0 Å². The third-order valence-corrected chi connectivity index (χ3v) is 2.93. The Morgan fingerprint density at radius 1 is 1.46 bits per heavy atom. The normalized spacial score (nSPS) is 29.0. The van der Waals surface area contributed by atoms with Crippen molar-refractivity contribution in [1.82, 2.24) is 4.72 Å². The van der Waals surface area contributed by atoms with Gasteiger partial charge in [0, 0.05) is 6.04 Å². The van der Waals surface area contributed by atoms with E-state index in [-0.39, 0.29) is 0 Å². The first-order valence-corrected chi connectivity index (χ1v) is 5.99. The van der Waals surface area contributed by atoms with E-state index in [0.717, 1.165) is 12.7 Å². The lowest BCUT2D eigenvalue weighted by molar-refractivity contribution is -0.141. The highest BCUT2D eigenvalue weighted by molar-refractivity contribution is 7.88. The average molecular weight is 207 g/mol. The van der Waals surface area contributed by atoms with Gasteiger partial charge in [0.05, 0.1) is 12.2 Å². The van der Waals surface area contributed by atoms with Crippen LogP contribution < -0.4 is 4.72 Å². The van der Waals surface area contributed by atoms with E-state index in [4.69, 9.17) is 5.11 Å². The van der Waals surface area contributed by atoms with Crippen LogP contribution in [0.1, 0.15) is 19.3 Å². The van der Waals surface area contributed by atoms with E-state index < -0.39 is 28.0 Å². The highest BCUT2D eigenvalue weighted by Crippen LogP contribution is 2.26. The monoisotopic (exact) mass is 207 g/mol. The van der Waals surface area contributed by atoms with Crippen molar-refractivity contribution in [2.24, 2.45) is 5.92 Å². The van der Waals surface area contributed by atoms with Crippen LogP contribution in [0.3, 0.4) is 0 Å². The SMILES string of the molecule is CS(=O)(=O)N[C@H]1CCC[C@H]1C(=O)O. The predicted octanol–water partition coefficient (Wildman–Crippen LogP) is -0.211. The molecule has 0 heterocycles. The second-order valence-corrected chi connectivity index (χ2v) is 5.15. The zero-order valence-corrected chi connectivity index (χ0v) is 8.17. The van der Waals surface area contributed by atoms with E-state index in [0.29, 0.717) is 12.8 Å². The summed E-state index contributed by atoms with van der Waals surface area (Å²) < 4.78 is 24.0. The van der Waals surface area contributed by atoms with Crippen LogP contribution >= 0.6 is 0 Å². The molecule has 0 amide bonds. The first kappa shape index (κ1) is 10.5. The maximum atomic E-state index is 10.9. The number of carboxylic acids is 1. The average Bonchev–Trinajstić information content (AvgIpc) is 2.31. The predicted molar refractivity (Wildman–Crippen MR) is 46.7 cm³/mol. The first-order valence-electron chi connectivity index (χ1n) is 4.10. The zero-order valence-electron chi connectivity index (χ0n) is 7.36. The summed E-state index contributed by atoms with van der Waals surface area (Å²) in [6.07, 6.45) is 2.99. The molecule has 0 aromatic rings. The number of nitrogens with one attached hydrogen (secondary N) is 1. The molecular weight excluding hydrogens is 194 g/mol. The minimum absolute atomic E-state index is 0.424. The van der Waals surface area contributed by atoms with Crippen molar-refractivity contribution in [3.63, 3.8) is 0 Å². The van der Waals surface area contributed by atoms with Crippen molar-refractivity contribution in [2.45, 2.75) is 25.3 Å². The van der Waals surface area contributed by atoms with Crippen LogP contribution in [-0.2, 0) is 14.8 Å². The molecule has 2 N–H and O–H groups in total. The Labute approximate surface area is 77.2 Å². The third-order valence-electron chi connectivity index (χ3n) is 2.20. The fraction of sp³-hybridized carbons (Fsp3) is 0.857. The summed E-state index contributed by atoms with van der Waals surface area (Å²) >= 11 is 0. The van der Waals surface area contributed by atoms with E-state index in [1.54, 1.807) is 0 Å². The molecular formula is C7H13NO4S. The van der Waals surface area contributed by atoms with Crippen molar-refractivity contribution in [1.29, 1.82) is 0 Å². The molecule has 0 aromatic heterocycles. The molecule has 0 bridgehead atoms. The molecule has 1 saturated carbocycles. The Balaban J connectivity index is 2.64. The van der Waals surface area contributed by atoms with E-state index in [1.807, 2.05) is 0 Å². The summed E-state index contributed by atoms with van der Waals surface area (Å²) in [6.45, 7) is 0. The largest absolute Gasteiger partial charge is 0.481 e. The molecule has 0 radical (unpaired) electrons. The molecule has 0 aliphatic heterocycles. The number of carboxylic acid groups (broad SMARTS) is 1. The van der Waals surface area contributed by atoms with Crippen LogP contribution in [0.25, 0.3) is 0 Å². The lowest BCUT2D eigenvalue weighted by atomic mass is 10.1. The van der Waals surface area contributed by atoms with Gasteiger partial charge in [-0.25, -0.2) is 13.1 Å². The van der Waals surface area contributed by atoms with Crippen LogP contribution in [0.2, 0.25) is 0 Å². The Morgan fingerprint density at radius 3 is 2.54 bits per heavy atom. The lowest BCUT2D eigenvalue weighted by Crippen LogP contribution is -2.39. The zero-order chi connectivity index (χ0) is 10.1. The van der Waals surface area contributed by atoms with E-state index in [9.17, 15) is 13.2 Å². The highest BCUT2D eigenvalue weighted by atomic mass is 32.2. The van der Waals surface area contributed by atoms with Crippen molar-refractivity contribution in [3.8, 4) is 0 Å². The second kappa shape index (κ2) is 3.63. The molecule has 6 heteroatoms. The van der Waals surface area contributed by atoms with Crippen molar-refractivity contribution in [2.75, 3.05) is 6.26 Å². The van der Waals surface area contributed by atoms with Crippen LogP contribution in [0.5, 0.6) is 0 Å². The van der Waals surface area contributed by atoms with Crippen LogP contribution in [-0.4, -0.2) is 31.8 Å². The van der Waals surface area contributed by atoms with Gasteiger partial charge in [0.1, 0.15) is 0 Å². The molecule has 5 nitrogen and oxygen atoms in total. The lowest BCUT2D eigenvalue weighted by Gasteiger charge is -2.15. The summed E-state index contributed by atoms with van der Waals surface area (Å²) in [7, 11) is -3.29. The second-order valence-electron chi connectivity index (χ2n) is 3.37. The van der Waals surface area contributed by atoms with E-state index >= 15 is 0 Å². The molecule has 0 spiro atoms. The fourth-order valence-corrected chi connectivity index (χ4v) is 2.50. The third kappa shape index (κ3) is 2.96. The minimum atomic E-state index is -3.29. The number of hydrogen-bond acceptors (Lipinski definition) is 3. The summed E-state index contributed by atoms with van der Waals surface area (Å²) in [5.74, 6) is -1.48. The molecule has 2 atom stereocenters. The summed E-state index contributed by atoms with van der Waals surface area (Å²) in [5, 5.41) is 8.75. The Morgan fingerprint density at radius 2 is 2.08 bits per heavy atom. The van der Waals surface area contributed by atoms with Crippen LogP contribution in [0, 0.1) is 5.92 Å². The number of aliphatic carboxylic acids is 1. The molecule has 13 heavy (non-hydrogen) atoms. The number of carbonyl (C=O) groups is 1. The Hall–Kier alpha value is -0.620. The maximum absolute atomic E-state index is 10.9. The molecule has 1 fully saturated rings. The minimum Gasteiger partial charge on any atom is -0.481 e. The van der Waals surface area contributed by atoms with Gasteiger partial charge in [-0.2, -0.15) is 0 Å². The van der Waals surface area contributed by atoms with Gasteiger partial charge < -0.3 is 5.11 Å². The highest BCUT2D eigenvalue weighted by Gasteiger charge is 2.34. The van der Waals surface area contributed by atoms with Gasteiger partial charge in [-0.3, -0.25) is 4.79 Å². The first-order chi connectivity index (χ1) is 5.90. The Kier molecular flexibility index (Phi) is 2.92. The van der Waals surface area contributed by atoms with Gasteiger partial charge in [-0.05, 0) is 12.8 Å². The molecule has 1 aliphatic carbocycles. The molecule has 1 rings (SSSR count). The van der Waals surface area contributed by atoms with Crippen molar-refractivity contribution >= 4 is 16.0 Å². The number of rotatable bonds is 3. The topological polar surface area (TPSA) is 83.5 Å². The van der Waals surface area contributed by atoms with Gasteiger partial charge in [-0.15, -0.1) is 0 Å². The molecule has 1 aliphatic rings. The summed E-state index contributed by atoms with van der Waals surface area (Å²) in [5.41, 5.74) is 0. The van der Waals surface area contributed by atoms with Crippen LogP contribution in [0.4, 0.5) is 0 Å². The van der Waals surface area contributed by atoms with Crippen molar-refractivity contribution in [3.05, 3.63) is 0 Å². The van der Waals surface area contributed by atoms with E-state index in [1.165, 1.54) is 0 Å². The molecule has 0 saturated heterocycles. The van der Waals surface area contributed by atoms with Gasteiger partial charge in [0.2, 0.25) is 10.0 Å². The quantitative estimate of drug-likeness (QED) is 0.670. The van der Waals surface area contributed by atoms with Crippen LogP contribution in [0.15, 0.2) is 0 Å². The van der Waals surface area contributed by atoms with Gasteiger partial charge >= 0.3 is 5.97 Å². The number of hydrogen-bond donors (Lipinski definition) is 2. The smallest absolute Gasteiger partial charge is 0.308 e. The summed E-state index contributed by atoms with van der Waals surface area (Å²) in [6, 6.07) is -0.424. The molecule has 76 valence electrons. The number of sulfonamides is 1.